The fourth-order valence-corrected chi connectivity index (χ4v) is 3.04. The molecule has 0 fully saturated rings. The van der Waals surface area contributed by atoms with Gasteiger partial charge in [-0.3, -0.25) is 0 Å². The molecule has 19 heavy (non-hydrogen) atoms. The van der Waals surface area contributed by atoms with Gasteiger partial charge in [-0.25, -0.2) is 0 Å². The molecule has 2 aromatic rings. The minimum atomic E-state index is -0.165. The average Bonchev–Trinajstić information content (AvgIpc) is 2.78. The first-order valence-electron chi connectivity index (χ1n) is 6.72. The summed E-state index contributed by atoms with van der Waals surface area (Å²) in [6.07, 6.45) is 3.02. The molecule has 0 saturated carbocycles. The second-order valence-electron chi connectivity index (χ2n) is 5.45. The van der Waals surface area contributed by atoms with Crippen LogP contribution in [-0.2, 0) is 12.0 Å². The highest BCUT2D eigenvalue weighted by atomic mass is 15.0. The van der Waals surface area contributed by atoms with E-state index in [2.05, 4.69) is 68.2 Å². The summed E-state index contributed by atoms with van der Waals surface area (Å²) in [4.78, 5) is 0. The van der Waals surface area contributed by atoms with Crippen LogP contribution in [0.25, 0.3) is 0 Å². The van der Waals surface area contributed by atoms with Crippen LogP contribution >= 0.6 is 0 Å². The molecular formula is C18H19N. The second kappa shape index (κ2) is 4.27. The number of fused-ring (bicyclic) bond motifs is 1. The van der Waals surface area contributed by atoms with Gasteiger partial charge in [-0.1, -0.05) is 48.0 Å². The Morgan fingerprint density at radius 3 is 2.68 bits per heavy atom. The Morgan fingerprint density at radius 1 is 1.16 bits per heavy atom. The second-order valence-corrected chi connectivity index (χ2v) is 5.45. The lowest BCUT2D eigenvalue weighted by atomic mass is 9.84. The zero-order valence-corrected chi connectivity index (χ0v) is 11.5. The van der Waals surface area contributed by atoms with Crippen LogP contribution in [0.1, 0.15) is 22.3 Å². The first kappa shape index (κ1) is 12.0. The lowest BCUT2D eigenvalue weighted by molar-refractivity contribution is 0.640. The normalized spacial score (nSPS) is 20.7. The molecule has 96 valence electrons. The molecule has 0 amide bonds. The molecule has 1 aliphatic heterocycles. The maximum Gasteiger partial charge on any atom is 0.0850 e. The smallest absolute Gasteiger partial charge is 0.0850 e. The third kappa shape index (κ3) is 1.86. The maximum atomic E-state index is 4.08. The van der Waals surface area contributed by atoms with Crippen LogP contribution in [0.5, 0.6) is 0 Å². The molecule has 3 rings (SSSR count). The Morgan fingerprint density at radius 2 is 1.95 bits per heavy atom. The molecule has 1 heterocycles. The Labute approximate surface area is 115 Å². The van der Waals surface area contributed by atoms with Crippen LogP contribution < -0.4 is 5.32 Å². The van der Waals surface area contributed by atoms with Crippen molar-refractivity contribution >= 4 is 5.69 Å². The Hall–Kier alpha value is -2.02. The highest BCUT2D eigenvalue weighted by Gasteiger charge is 2.36. The Balaban J connectivity index is 2.10. The molecule has 0 saturated heterocycles. The van der Waals surface area contributed by atoms with Crippen molar-refractivity contribution in [2.75, 3.05) is 5.32 Å². The van der Waals surface area contributed by atoms with Gasteiger partial charge in [-0.05, 0) is 36.6 Å². The highest BCUT2D eigenvalue weighted by Crippen LogP contribution is 2.41. The van der Waals surface area contributed by atoms with Crippen LogP contribution in [0.4, 0.5) is 5.69 Å². The molecule has 0 bridgehead atoms. The van der Waals surface area contributed by atoms with E-state index < -0.39 is 0 Å². The average molecular weight is 249 g/mol. The van der Waals surface area contributed by atoms with E-state index in [1.807, 2.05) is 6.08 Å². The van der Waals surface area contributed by atoms with Crippen LogP contribution in [0.2, 0.25) is 0 Å². The van der Waals surface area contributed by atoms with Crippen molar-refractivity contribution in [3.63, 3.8) is 0 Å². The minimum Gasteiger partial charge on any atom is -0.372 e. The van der Waals surface area contributed by atoms with Gasteiger partial charge in [0.05, 0.1) is 5.54 Å². The van der Waals surface area contributed by atoms with E-state index in [-0.39, 0.29) is 5.54 Å². The summed E-state index contributed by atoms with van der Waals surface area (Å²) in [5.41, 5.74) is 6.38. The third-order valence-electron chi connectivity index (χ3n) is 4.06. The van der Waals surface area contributed by atoms with Crippen molar-refractivity contribution in [3.05, 3.63) is 77.4 Å². The Kier molecular flexibility index (Phi) is 2.70. The van der Waals surface area contributed by atoms with Gasteiger partial charge in [-0.15, -0.1) is 6.58 Å². The van der Waals surface area contributed by atoms with Crippen LogP contribution in [0.15, 0.2) is 55.1 Å². The number of rotatable bonds is 2. The SMILES string of the molecule is C=C[C@]1(c2ccccc2C)Cc2cc(C)ccc2N1. The molecule has 0 spiro atoms. The largest absolute Gasteiger partial charge is 0.372 e. The van der Waals surface area contributed by atoms with Crippen LogP contribution in [0, 0.1) is 13.8 Å². The van der Waals surface area contributed by atoms with Gasteiger partial charge < -0.3 is 5.32 Å². The molecule has 1 nitrogen and oxygen atoms in total. The Bertz CT molecular complexity index is 642. The summed E-state index contributed by atoms with van der Waals surface area (Å²) in [6, 6.07) is 15.1. The standard InChI is InChI=1S/C18H19N/c1-4-18(16-8-6-5-7-14(16)3)12-15-11-13(2)9-10-17(15)19-18/h4-11,19H,1,12H2,2-3H3/t18-/m1/s1. The van der Waals surface area contributed by atoms with Gasteiger partial charge in [0.1, 0.15) is 0 Å². The maximum absolute atomic E-state index is 4.08. The van der Waals surface area contributed by atoms with Gasteiger partial charge in [0.2, 0.25) is 0 Å². The monoisotopic (exact) mass is 249 g/mol. The number of benzene rings is 2. The third-order valence-corrected chi connectivity index (χ3v) is 4.06. The molecule has 1 aliphatic rings. The van der Waals surface area contributed by atoms with E-state index in [1.165, 1.54) is 27.9 Å². The number of hydrogen-bond acceptors (Lipinski definition) is 1. The fraction of sp³-hybridized carbons (Fsp3) is 0.222. The summed E-state index contributed by atoms with van der Waals surface area (Å²) in [5, 5.41) is 3.66. The van der Waals surface area contributed by atoms with E-state index in [9.17, 15) is 0 Å². The molecule has 1 heteroatoms. The summed E-state index contributed by atoms with van der Waals surface area (Å²) in [6.45, 7) is 8.38. The molecule has 1 atom stereocenters. The van der Waals surface area contributed by atoms with E-state index >= 15 is 0 Å². The summed E-state index contributed by atoms with van der Waals surface area (Å²) >= 11 is 0. The van der Waals surface area contributed by atoms with Crippen LogP contribution in [-0.4, -0.2) is 0 Å². The summed E-state index contributed by atoms with van der Waals surface area (Å²) in [7, 11) is 0. The topological polar surface area (TPSA) is 12.0 Å². The molecule has 0 aliphatic carbocycles. The van der Waals surface area contributed by atoms with Crippen molar-refractivity contribution in [3.8, 4) is 0 Å². The predicted molar refractivity (Wildman–Crippen MR) is 81.6 cm³/mol. The zero-order chi connectivity index (χ0) is 13.5. The first-order chi connectivity index (χ1) is 9.14. The van der Waals surface area contributed by atoms with Gasteiger partial charge >= 0.3 is 0 Å². The molecule has 2 aromatic carbocycles. The van der Waals surface area contributed by atoms with Crippen molar-refractivity contribution in [1.82, 2.24) is 0 Å². The lowest BCUT2D eigenvalue weighted by Crippen LogP contribution is -2.31. The predicted octanol–water partition coefficient (Wildman–Crippen LogP) is 4.35. The lowest BCUT2D eigenvalue weighted by Gasteiger charge is -2.28. The number of anilines is 1. The number of hydrogen-bond donors (Lipinski definition) is 1. The summed E-state index contributed by atoms with van der Waals surface area (Å²) < 4.78 is 0. The van der Waals surface area contributed by atoms with Crippen molar-refractivity contribution in [1.29, 1.82) is 0 Å². The minimum absolute atomic E-state index is 0.165. The number of nitrogens with one attached hydrogen (secondary N) is 1. The molecular weight excluding hydrogens is 230 g/mol. The molecule has 0 radical (unpaired) electrons. The van der Waals surface area contributed by atoms with E-state index in [4.69, 9.17) is 0 Å². The van der Waals surface area contributed by atoms with Gasteiger partial charge in [0, 0.05) is 12.1 Å². The van der Waals surface area contributed by atoms with E-state index in [0.717, 1.165) is 6.42 Å². The summed E-state index contributed by atoms with van der Waals surface area (Å²) in [5.74, 6) is 0. The van der Waals surface area contributed by atoms with E-state index in [1.54, 1.807) is 0 Å². The zero-order valence-electron chi connectivity index (χ0n) is 11.5. The van der Waals surface area contributed by atoms with Crippen molar-refractivity contribution < 1.29 is 0 Å². The van der Waals surface area contributed by atoms with Gasteiger partial charge in [-0.2, -0.15) is 0 Å². The first-order valence-corrected chi connectivity index (χ1v) is 6.72. The van der Waals surface area contributed by atoms with Gasteiger partial charge in [0.15, 0.2) is 0 Å². The fourth-order valence-electron chi connectivity index (χ4n) is 3.04. The highest BCUT2D eigenvalue weighted by molar-refractivity contribution is 5.64. The van der Waals surface area contributed by atoms with Crippen LogP contribution in [0.3, 0.4) is 0 Å². The quantitative estimate of drug-likeness (QED) is 0.780. The van der Waals surface area contributed by atoms with Gasteiger partial charge in [0.25, 0.3) is 0 Å². The molecule has 1 N–H and O–H groups in total. The van der Waals surface area contributed by atoms with E-state index in [0.29, 0.717) is 0 Å². The van der Waals surface area contributed by atoms with Crippen molar-refractivity contribution in [2.45, 2.75) is 25.8 Å². The molecule has 0 aromatic heterocycles. The number of aryl methyl sites for hydroxylation is 2. The molecule has 0 unspecified atom stereocenters. The van der Waals surface area contributed by atoms with Crippen molar-refractivity contribution in [2.24, 2.45) is 0 Å².